The number of benzene rings is 3. The van der Waals surface area contributed by atoms with Gasteiger partial charge in [-0.25, -0.2) is 0 Å². The molecule has 0 amide bonds. The lowest BCUT2D eigenvalue weighted by Crippen LogP contribution is -2.64. The first-order chi connectivity index (χ1) is 21.5. The molecule has 3 aliphatic rings. The average molecular weight is 605 g/mol. The van der Waals surface area contributed by atoms with Crippen molar-refractivity contribution in [3.05, 3.63) is 108 Å². The Labute approximate surface area is 260 Å². The van der Waals surface area contributed by atoms with Crippen LogP contribution in [0.4, 0.5) is 0 Å². The fourth-order valence-corrected chi connectivity index (χ4v) is 6.31. The topological polar surface area (TPSA) is 84.8 Å². The van der Waals surface area contributed by atoms with Crippen molar-refractivity contribution in [1.29, 1.82) is 0 Å². The van der Waals surface area contributed by atoms with E-state index in [-0.39, 0.29) is 43.4 Å². The van der Waals surface area contributed by atoms with E-state index in [2.05, 4.69) is 20.8 Å². The zero-order valence-electron chi connectivity index (χ0n) is 25.6. The highest BCUT2D eigenvalue weighted by atomic mass is 16.8. The summed E-state index contributed by atoms with van der Waals surface area (Å²) in [5.74, 6) is 0.377. The summed E-state index contributed by atoms with van der Waals surface area (Å²) < 4.78 is 44.7. The Morgan fingerprint density at radius 3 is 2.05 bits per heavy atom. The quantitative estimate of drug-likeness (QED) is 0.328. The second-order valence-corrected chi connectivity index (χ2v) is 12.2. The number of fused-ring (bicyclic) bond motifs is 1. The summed E-state index contributed by atoms with van der Waals surface area (Å²) >= 11 is 0. The van der Waals surface area contributed by atoms with Gasteiger partial charge in [0.2, 0.25) is 0 Å². The summed E-state index contributed by atoms with van der Waals surface area (Å²) in [5.41, 5.74) is 2.97. The number of hydrogen-bond donors (Lipinski definition) is 1. The molecular weight excluding hydrogens is 560 g/mol. The Bertz CT molecular complexity index is 1280. The number of rotatable bonds is 10. The van der Waals surface area contributed by atoms with E-state index in [4.69, 9.17) is 33.2 Å². The third-order valence-corrected chi connectivity index (χ3v) is 9.20. The number of hydrogen-bond acceptors (Lipinski definition) is 8. The van der Waals surface area contributed by atoms with E-state index < -0.39 is 37.0 Å². The Morgan fingerprint density at radius 1 is 0.727 bits per heavy atom. The van der Waals surface area contributed by atoms with E-state index in [0.29, 0.717) is 13.2 Å². The fraction of sp³-hybridized carbons (Fsp3) is 0.500. The fourth-order valence-electron chi connectivity index (χ4n) is 6.31. The smallest absolute Gasteiger partial charge is 0.187 e. The van der Waals surface area contributed by atoms with Crippen LogP contribution >= 0.6 is 0 Å². The van der Waals surface area contributed by atoms with E-state index >= 15 is 0 Å². The number of ether oxygens (including phenoxy) is 7. The first kappa shape index (κ1) is 31.3. The van der Waals surface area contributed by atoms with Crippen LogP contribution in [0.25, 0.3) is 0 Å². The van der Waals surface area contributed by atoms with Gasteiger partial charge in [0.05, 0.1) is 38.6 Å². The molecule has 3 aromatic rings. The average Bonchev–Trinajstić information content (AvgIpc) is 3.06. The SMILES string of the molecule is CC1[C@H](C)OC(COCc2ccccc2)[C@@H](O[C@@H]2OC3COC(c4ccccc4)O[C@H]3[C@H](O)C2OCc2ccccc2)[C@@H]1C. The third kappa shape index (κ3) is 7.25. The first-order valence-corrected chi connectivity index (χ1v) is 15.7. The molecule has 8 heteroatoms. The minimum absolute atomic E-state index is 0.0395. The van der Waals surface area contributed by atoms with Crippen molar-refractivity contribution in [2.45, 2.75) is 89.3 Å². The molecule has 0 saturated carbocycles. The van der Waals surface area contributed by atoms with Crippen molar-refractivity contribution in [2.75, 3.05) is 13.2 Å². The predicted octanol–water partition coefficient (Wildman–Crippen LogP) is 5.43. The van der Waals surface area contributed by atoms with Crippen LogP contribution in [-0.2, 0) is 46.4 Å². The van der Waals surface area contributed by atoms with Crippen LogP contribution in [0.15, 0.2) is 91.0 Å². The van der Waals surface area contributed by atoms with Gasteiger partial charge in [0.25, 0.3) is 0 Å². The lowest BCUT2D eigenvalue weighted by atomic mass is 9.81. The van der Waals surface area contributed by atoms with Gasteiger partial charge >= 0.3 is 0 Å². The minimum atomic E-state index is -1.01. The maximum Gasteiger partial charge on any atom is 0.187 e. The molecule has 0 spiro atoms. The molecule has 3 aliphatic heterocycles. The normalized spacial score (nSPS) is 35.6. The molecule has 0 radical (unpaired) electrons. The summed E-state index contributed by atoms with van der Waals surface area (Å²) in [5, 5.41) is 11.8. The van der Waals surface area contributed by atoms with Crippen LogP contribution in [0.2, 0.25) is 0 Å². The first-order valence-electron chi connectivity index (χ1n) is 15.7. The van der Waals surface area contributed by atoms with E-state index in [0.717, 1.165) is 16.7 Å². The lowest BCUT2D eigenvalue weighted by molar-refractivity contribution is -0.381. The Kier molecular flexibility index (Phi) is 10.4. The highest BCUT2D eigenvalue weighted by Gasteiger charge is 2.52. The van der Waals surface area contributed by atoms with Gasteiger partial charge in [-0.15, -0.1) is 0 Å². The van der Waals surface area contributed by atoms with Crippen LogP contribution in [-0.4, -0.2) is 67.3 Å². The van der Waals surface area contributed by atoms with Gasteiger partial charge < -0.3 is 38.3 Å². The molecule has 3 saturated heterocycles. The maximum atomic E-state index is 11.8. The molecule has 0 aliphatic carbocycles. The summed E-state index contributed by atoms with van der Waals surface area (Å²) in [4.78, 5) is 0. The number of aliphatic hydroxyl groups excluding tert-OH is 1. The van der Waals surface area contributed by atoms with Gasteiger partial charge in [-0.2, -0.15) is 0 Å². The van der Waals surface area contributed by atoms with Crippen molar-refractivity contribution in [3.8, 4) is 0 Å². The highest BCUT2D eigenvalue weighted by Crippen LogP contribution is 2.39. The van der Waals surface area contributed by atoms with Crippen molar-refractivity contribution >= 4 is 0 Å². The maximum absolute atomic E-state index is 11.8. The van der Waals surface area contributed by atoms with Crippen LogP contribution in [0, 0.1) is 11.8 Å². The highest BCUT2D eigenvalue weighted by molar-refractivity contribution is 5.17. The molecular formula is C36H44O8. The summed E-state index contributed by atoms with van der Waals surface area (Å²) in [6.07, 6.45) is -5.12. The molecule has 6 rings (SSSR count). The molecule has 44 heavy (non-hydrogen) atoms. The van der Waals surface area contributed by atoms with E-state index in [1.165, 1.54) is 0 Å². The van der Waals surface area contributed by atoms with Gasteiger partial charge in [-0.05, 0) is 29.9 Å². The second kappa shape index (κ2) is 14.6. The van der Waals surface area contributed by atoms with Crippen LogP contribution in [0.1, 0.15) is 43.8 Å². The summed E-state index contributed by atoms with van der Waals surface area (Å²) in [7, 11) is 0. The van der Waals surface area contributed by atoms with Crippen LogP contribution in [0.3, 0.4) is 0 Å². The third-order valence-electron chi connectivity index (χ3n) is 9.20. The van der Waals surface area contributed by atoms with Crippen molar-refractivity contribution in [2.24, 2.45) is 11.8 Å². The van der Waals surface area contributed by atoms with Crippen molar-refractivity contribution in [1.82, 2.24) is 0 Å². The van der Waals surface area contributed by atoms with Crippen molar-refractivity contribution in [3.63, 3.8) is 0 Å². The molecule has 11 atom stereocenters. The zero-order valence-corrected chi connectivity index (χ0v) is 25.6. The molecule has 236 valence electrons. The van der Waals surface area contributed by atoms with Crippen LogP contribution in [0.5, 0.6) is 0 Å². The zero-order chi connectivity index (χ0) is 30.5. The van der Waals surface area contributed by atoms with Gasteiger partial charge in [-0.3, -0.25) is 0 Å². The van der Waals surface area contributed by atoms with E-state index in [1.54, 1.807) is 0 Å². The standard InChI is InChI=1S/C36H44O8/c1-23-24(2)32(29(41-25(23)3)21-38-19-26-13-7-4-8-14-26)43-36-34(39-20-27-15-9-5-10-16-27)31(37)33-30(42-36)22-40-35(44-33)28-17-11-6-12-18-28/h4-18,23-25,29-37H,19-22H2,1-3H3/t23?,24-,25+,29?,30?,31+,32+,33-,34?,35?,36+/m1/s1. The molecule has 0 bridgehead atoms. The van der Waals surface area contributed by atoms with Gasteiger partial charge in [-0.1, -0.05) is 105 Å². The molecule has 3 fully saturated rings. The Hall–Kier alpha value is -2.66. The molecule has 5 unspecified atom stereocenters. The van der Waals surface area contributed by atoms with Gasteiger partial charge in [0.15, 0.2) is 12.6 Å². The van der Waals surface area contributed by atoms with Gasteiger partial charge in [0.1, 0.15) is 30.5 Å². The minimum Gasteiger partial charge on any atom is -0.387 e. The van der Waals surface area contributed by atoms with E-state index in [1.807, 2.05) is 91.0 Å². The summed E-state index contributed by atoms with van der Waals surface area (Å²) in [6.45, 7) is 7.83. The molecule has 0 aromatic heterocycles. The molecule has 3 aromatic carbocycles. The van der Waals surface area contributed by atoms with Crippen molar-refractivity contribution < 1.29 is 38.3 Å². The predicted molar refractivity (Wildman–Crippen MR) is 163 cm³/mol. The van der Waals surface area contributed by atoms with Crippen LogP contribution < -0.4 is 0 Å². The molecule has 3 heterocycles. The molecule has 8 nitrogen and oxygen atoms in total. The lowest BCUT2D eigenvalue weighted by Gasteiger charge is -2.50. The number of aliphatic hydroxyl groups is 1. The second-order valence-electron chi connectivity index (χ2n) is 12.2. The summed E-state index contributed by atoms with van der Waals surface area (Å²) in [6, 6.07) is 29.7. The largest absolute Gasteiger partial charge is 0.387 e. The van der Waals surface area contributed by atoms with E-state index in [9.17, 15) is 5.11 Å². The Morgan fingerprint density at radius 2 is 1.36 bits per heavy atom. The monoisotopic (exact) mass is 604 g/mol. The van der Waals surface area contributed by atoms with Gasteiger partial charge in [0, 0.05) is 5.56 Å². The Balaban J connectivity index is 1.20. The molecule has 1 N–H and O–H groups in total.